The van der Waals surface area contributed by atoms with E-state index >= 15 is 0 Å². The van der Waals surface area contributed by atoms with E-state index in [0.717, 1.165) is 74.8 Å². The molecule has 2 N–H and O–H groups in total. The first-order chi connectivity index (χ1) is 15.1. The van der Waals surface area contributed by atoms with Gasteiger partial charge in [-0.2, -0.15) is 0 Å². The van der Waals surface area contributed by atoms with Crippen LogP contribution in [-0.2, 0) is 11.2 Å². The number of amides is 1. The van der Waals surface area contributed by atoms with Crippen LogP contribution in [0.25, 0.3) is 0 Å². The SMILES string of the molecule is O=C(O)NC1c2ccccc2CC12CCN(c1cnc(SC3CCOCC3)cn1)CC2. The second-order valence-electron chi connectivity index (χ2n) is 8.75. The van der Waals surface area contributed by atoms with Gasteiger partial charge >= 0.3 is 6.09 Å². The molecule has 8 heteroatoms. The quantitative estimate of drug-likeness (QED) is 0.745. The van der Waals surface area contributed by atoms with Crippen molar-refractivity contribution in [2.75, 3.05) is 31.2 Å². The molecule has 2 fully saturated rings. The minimum Gasteiger partial charge on any atom is -0.465 e. The van der Waals surface area contributed by atoms with Crippen LogP contribution in [-0.4, -0.2) is 52.7 Å². The maximum atomic E-state index is 11.5. The normalized spacial score (nSPS) is 23.0. The van der Waals surface area contributed by atoms with Crippen molar-refractivity contribution in [3.63, 3.8) is 0 Å². The molecular formula is C23H28N4O3S. The van der Waals surface area contributed by atoms with E-state index in [1.807, 2.05) is 24.5 Å². The number of thioether (sulfide) groups is 1. The van der Waals surface area contributed by atoms with Crippen LogP contribution < -0.4 is 10.2 Å². The van der Waals surface area contributed by atoms with Crippen molar-refractivity contribution in [3.05, 3.63) is 47.8 Å². The molecule has 1 unspecified atom stereocenters. The highest BCUT2D eigenvalue weighted by molar-refractivity contribution is 7.99. The molecule has 164 valence electrons. The third-order valence-electron chi connectivity index (χ3n) is 6.94. The van der Waals surface area contributed by atoms with E-state index in [2.05, 4.69) is 27.3 Å². The molecule has 31 heavy (non-hydrogen) atoms. The molecule has 0 bridgehead atoms. The number of fused-ring (bicyclic) bond motifs is 1. The fraction of sp³-hybridized carbons (Fsp3) is 0.522. The molecule has 3 aliphatic rings. The Hall–Kier alpha value is -2.32. The summed E-state index contributed by atoms with van der Waals surface area (Å²) in [6.07, 6.45) is 7.73. The Labute approximate surface area is 186 Å². The first-order valence-corrected chi connectivity index (χ1v) is 11.9. The van der Waals surface area contributed by atoms with Crippen LogP contribution >= 0.6 is 11.8 Å². The largest absolute Gasteiger partial charge is 0.465 e. The molecule has 1 aliphatic carbocycles. The Morgan fingerprint density at radius 3 is 2.65 bits per heavy atom. The van der Waals surface area contributed by atoms with Crippen molar-refractivity contribution in [1.82, 2.24) is 15.3 Å². The molecule has 7 nitrogen and oxygen atoms in total. The smallest absolute Gasteiger partial charge is 0.405 e. The number of nitrogens with one attached hydrogen (secondary N) is 1. The molecule has 1 aromatic carbocycles. The Balaban J connectivity index is 1.25. The summed E-state index contributed by atoms with van der Waals surface area (Å²) in [7, 11) is 0. The number of benzene rings is 1. The van der Waals surface area contributed by atoms with Gasteiger partial charge in [-0.3, -0.25) is 0 Å². The Bertz CT molecular complexity index is 925. The van der Waals surface area contributed by atoms with Gasteiger partial charge in [-0.05, 0) is 43.2 Å². The second kappa shape index (κ2) is 8.67. The van der Waals surface area contributed by atoms with Gasteiger partial charge in [0.25, 0.3) is 0 Å². The van der Waals surface area contributed by atoms with Crippen molar-refractivity contribution in [1.29, 1.82) is 0 Å². The van der Waals surface area contributed by atoms with Gasteiger partial charge in [-0.1, -0.05) is 24.3 Å². The van der Waals surface area contributed by atoms with Crippen LogP contribution in [0.3, 0.4) is 0 Å². The zero-order chi connectivity index (χ0) is 21.3. The maximum Gasteiger partial charge on any atom is 0.405 e. The number of carboxylic acid groups (broad SMARTS) is 1. The van der Waals surface area contributed by atoms with E-state index in [1.165, 1.54) is 5.56 Å². The number of aromatic nitrogens is 2. The standard InChI is InChI=1S/C23H28N4O3S/c28-22(29)26-21-18-4-2-1-3-16(18)13-23(21)7-9-27(10-8-23)19-14-25-20(15-24-19)31-17-5-11-30-12-6-17/h1-4,14-15,17,21,26H,5-13H2,(H,28,29). The van der Waals surface area contributed by atoms with Crippen molar-refractivity contribution in [3.8, 4) is 0 Å². The van der Waals surface area contributed by atoms with Gasteiger partial charge < -0.3 is 20.1 Å². The lowest BCUT2D eigenvalue weighted by Crippen LogP contribution is -2.46. The van der Waals surface area contributed by atoms with E-state index in [9.17, 15) is 9.90 Å². The Kier molecular flexibility index (Phi) is 5.75. The van der Waals surface area contributed by atoms with Crippen molar-refractivity contribution in [2.24, 2.45) is 5.41 Å². The predicted molar refractivity (Wildman–Crippen MR) is 120 cm³/mol. The first-order valence-electron chi connectivity index (χ1n) is 11.0. The van der Waals surface area contributed by atoms with Gasteiger partial charge in [-0.15, -0.1) is 11.8 Å². The highest BCUT2D eigenvalue weighted by Crippen LogP contribution is 2.52. The van der Waals surface area contributed by atoms with Gasteiger partial charge in [-0.25, -0.2) is 14.8 Å². The molecule has 1 aromatic heterocycles. The molecule has 0 radical (unpaired) electrons. The van der Waals surface area contributed by atoms with Crippen molar-refractivity contribution < 1.29 is 14.6 Å². The summed E-state index contributed by atoms with van der Waals surface area (Å²) in [5, 5.41) is 13.8. The third kappa shape index (κ3) is 4.23. The Morgan fingerprint density at radius 1 is 1.16 bits per heavy atom. The number of hydrogen-bond acceptors (Lipinski definition) is 6. The van der Waals surface area contributed by atoms with Crippen LogP contribution in [0.15, 0.2) is 41.7 Å². The number of hydrogen-bond donors (Lipinski definition) is 2. The number of rotatable bonds is 4. The van der Waals surface area contributed by atoms with Crippen LogP contribution in [0, 0.1) is 5.41 Å². The lowest BCUT2D eigenvalue weighted by atomic mass is 9.72. The summed E-state index contributed by atoms with van der Waals surface area (Å²) in [6, 6.07) is 8.09. The number of piperidine rings is 1. The molecule has 0 saturated carbocycles. The van der Waals surface area contributed by atoms with E-state index in [1.54, 1.807) is 11.8 Å². The van der Waals surface area contributed by atoms with Crippen LogP contribution in [0.5, 0.6) is 0 Å². The van der Waals surface area contributed by atoms with E-state index in [4.69, 9.17) is 9.72 Å². The number of anilines is 1. The van der Waals surface area contributed by atoms with Gasteiger partial charge in [0.05, 0.1) is 18.4 Å². The summed E-state index contributed by atoms with van der Waals surface area (Å²) in [4.78, 5) is 23.1. The van der Waals surface area contributed by atoms with E-state index in [0.29, 0.717) is 5.25 Å². The monoisotopic (exact) mass is 440 g/mol. The zero-order valence-corrected chi connectivity index (χ0v) is 18.3. The Morgan fingerprint density at radius 2 is 1.94 bits per heavy atom. The fourth-order valence-electron chi connectivity index (χ4n) is 5.29. The maximum absolute atomic E-state index is 11.5. The molecule has 3 heterocycles. The summed E-state index contributed by atoms with van der Waals surface area (Å²) in [5.41, 5.74) is 2.34. The minimum absolute atomic E-state index is 0.0646. The fourth-order valence-corrected chi connectivity index (χ4v) is 6.28. The van der Waals surface area contributed by atoms with Gasteiger partial charge in [0.2, 0.25) is 0 Å². The summed E-state index contributed by atoms with van der Waals surface area (Å²) >= 11 is 1.80. The molecule has 2 aromatic rings. The molecule has 2 aliphatic heterocycles. The number of nitrogens with zero attached hydrogens (tertiary/aromatic N) is 3. The first kappa shape index (κ1) is 20.6. The lowest BCUT2D eigenvalue weighted by Gasteiger charge is -2.43. The third-order valence-corrected chi connectivity index (χ3v) is 8.20. The van der Waals surface area contributed by atoms with E-state index < -0.39 is 6.09 Å². The highest BCUT2D eigenvalue weighted by atomic mass is 32.2. The van der Waals surface area contributed by atoms with Crippen LogP contribution in [0.4, 0.5) is 10.6 Å². The zero-order valence-electron chi connectivity index (χ0n) is 17.5. The average molecular weight is 441 g/mol. The van der Waals surface area contributed by atoms with E-state index in [-0.39, 0.29) is 11.5 Å². The summed E-state index contributed by atoms with van der Waals surface area (Å²) < 4.78 is 5.43. The number of carbonyl (C=O) groups is 1. The molecule has 5 rings (SSSR count). The van der Waals surface area contributed by atoms with Crippen molar-refractivity contribution in [2.45, 2.75) is 48.4 Å². The summed E-state index contributed by atoms with van der Waals surface area (Å²) in [6.45, 7) is 3.38. The summed E-state index contributed by atoms with van der Waals surface area (Å²) in [5.74, 6) is 0.907. The topological polar surface area (TPSA) is 87.6 Å². The minimum atomic E-state index is -0.952. The molecule has 2 saturated heterocycles. The molecule has 1 atom stereocenters. The molecule has 1 spiro atoms. The average Bonchev–Trinajstić information content (AvgIpc) is 3.08. The van der Waals surface area contributed by atoms with Crippen molar-refractivity contribution >= 4 is 23.7 Å². The van der Waals surface area contributed by atoms with Crippen LogP contribution in [0.1, 0.15) is 42.9 Å². The molecular weight excluding hydrogens is 412 g/mol. The van der Waals surface area contributed by atoms with Gasteiger partial charge in [0, 0.05) is 37.0 Å². The van der Waals surface area contributed by atoms with Gasteiger partial charge in [0.15, 0.2) is 0 Å². The van der Waals surface area contributed by atoms with Crippen LogP contribution in [0.2, 0.25) is 0 Å². The second-order valence-corrected chi connectivity index (χ2v) is 10.1. The molecule has 1 amide bonds. The highest BCUT2D eigenvalue weighted by Gasteiger charge is 2.48. The number of ether oxygens (including phenoxy) is 1. The lowest BCUT2D eigenvalue weighted by molar-refractivity contribution is 0.1000. The predicted octanol–water partition coefficient (Wildman–Crippen LogP) is 3.90. The van der Waals surface area contributed by atoms with Gasteiger partial charge in [0.1, 0.15) is 10.8 Å².